The summed E-state index contributed by atoms with van der Waals surface area (Å²) in [7, 11) is 0. The first-order chi connectivity index (χ1) is 7.46. The Bertz CT molecular complexity index is 167. The van der Waals surface area contributed by atoms with Gasteiger partial charge in [-0.3, -0.25) is 0 Å². The highest BCUT2D eigenvalue weighted by Gasteiger charge is 2.17. The first-order valence-corrected chi connectivity index (χ1v) is 6.48. The summed E-state index contributed by atoms with van der Waals surface area (Å²) in [5.74, 6) is 0. The normalized spacial score (nSPS) is 15.6. The molecule has 0 unspecified atom stereocenters. The van der Waals surface area contributed by atoms with Crippen LogP contribution in [0.4, 0.5) is 4.79 Å². The molecule has 0 atom stereocenters. The molecule has 1 amide bonds. The largest absolute Gasteiger partial charge is 0.465 e. The van der Waals surface area contributed by atoms with Crippen molar-refractivity contribution in [2.45, 2.75) is 78.3 Å². The summed E-state index contributed by atoms with van der Waals surface area (Å²) < 4.78 is 0. The third-order valence-electron chi connectivity index (χ3n) is 2.83. The molecule has 0 saturated heterocycles. The van der Waals surface area contributed by atoms with E-state index in [0.717, 1.165) is 0 Å². The average Bonchev–Trinajstić information content (AvgIpc) is 2.19. The van der Waals surface area contributed by atoms with Crippen molar-refractivity contribution in [3.05, 3.63) is 0 Å². The van der Waals surface area contributed by atoms with Gasteiger partial charge < -0.3 is 10.0 Å². The molecule has 96 valence electrons. The lowest BCUT2D eigenvalue weighted by molar-refractivity contribution is 0.116. The van der Waals surface area contributed by atoms with Crippen LogP contribution in [0.1, 0.15) is 66.2 Å². The van der Waals surface area contributed by atoms with Gasteiger partial charge in [0.1, 0.15) is 0 Å². The molecule has 1 aliphatic carbocycles. The molecule has 0 aromatic rings. The molecule has 0 aliphatic heterocycles. The molecule has 0 heterocycles. The van der Waals surface area contributed by atoms with Gasteiger partial charge in [-0.1, -0.05) is 38.5 Å². The van der Waals surface area contributed by atoms with Gasteiger partial charge in [0.25, 0.3) is 0 Å². The maximum Gasteiger partial charge on any atom is 0.407 e. The molecule has 0 aromatic carbocycles. The number of hydrogen-bond donors (Lipinski definition) is 1. The Kier molecular flexibility index (Phi) is 8.04. The molecule has 1 saturated carbocycles. The van der Waals surface area contributed by atoms with E-state index in [1.54, 1.807) is 0 Å². The van der Waals surface area contributed by atoms with Gasteiger partial charge in [0.15, 0.2) is 0 Å². The lowest BCUT2D eigenvalue weighted by Gasteiger charge is -2.27. The number of amides is 1. The van der Waals surface area contributed by atoms with E-state index in [-0.39, 0.29) is 12.1 Å². The van der Waals surface area contributed by atoms with Crippen LogP contribution in [0.25, 0.3) is 0 Å². The smallest absolute Gasteiger partial charge is 0.407 e. The second-order valence-electron chi connectivity index (χ2n) is 5.00. The van der Waals surface area contributed by atoms with Crippen LogP contribution in [0.15, 0.2) is 0 Å². The fourth-order valence-electron chi connectivity index (χ4n) is 2.10. The minimum Gasteiger partial charge on any atom is -0.465 e. The first kappa shape index (κ1) is 15.3. The Morgan fingerprint density at radius 1 is 0.875 bits per heavy atom. The van der Waals surface area contributed by atoms with E-state index < -0.39 is 6.09 Å². The Hall–Kier alpha value is -0.730. The maximum absolute atomic E-state index is 10.5. The van der Waals surface area contributed by atoms with E-state index in [4.69, 9.17) is 5.11 Å². The van der Waals surface area contributed by atoms with Crippen LogP contribution in [0.2, 0.25) is 0 Å². The first-order valence-electron chi connectivity index (χ1n) is 6.48. The third kappa shape index (κ3) is 6.70. The molecule has 0 bridgehead atoms. The van der Waals surface area contributed by atoms with Gasteiger partial charge >= 0.3 is 6.09 Å². The molecule has 16 heavy (non-hydrogen) atoms. The van der Waals surface area contributed by atoms with Gasteiger partial charge in [0.2, 0.25) is 0 Å². The third-order valence-corrected chi connectivity index (χ3v) is 2.83. The highest BCUT2D eigenvalue weighted by atomic mass is 16.4. The van der Waals surface area contributed by atoms with Crippen molar-refractivity contribution in [3.63, 3.8) is 0 Å². The topological polar surface area (TPSA) is 40.5 Å². The second kappa shape index (κ2) is 8.43. The summed E-state index contributed by atoms with van der Waals surface area (Å²) in [6, 6.07) is 0.134. The zero-order chi connectivity index (χ0) is 12.6. The van der Waals surface area contributed by atoms with Crippen LogP contribution < -0.4 is 0 Å². The van der Waals surface area contributed by atoms with Crippen LogP contribution in [0, 0.1) is 0 Å². The summed E-state index contributed by atoms with van der Waals surface area (Å²) in [6.45, 7) is 7.48. The van der Waals surface area contributed by atoms with Crippen molar-refractivity contribution in [1.82, 2.24) is 4.90 Å². The van der Waals surface area contributed by atoms with Crippen molar-refractivity contribution >= 4 is 6.09 Å². The van der Waals surface area contributed by atoms with Crippen molar-refractivity contribution in [2.75, 3.05) is 0 Å². The summed E-state index contributed by atoms with van der Waals surface area (Å²) in [5, 5.41) is 8.64. The predicted molar refractivity (Wildman–Crippen MR) is 67.8 cm³/mol. The van der Waals surface area contributed by atoms with E-state index in [1.807, 2.05) is 27.7 Å². The summed E-state index contributed by atoms with van der Waals surface area (Å²) in [5.41, 5.74) is 0. The Labute approximate surface area is 99.8 Å². The molecular formula is C13H27NO2. The lowest BCUT2D eigenvalue weighted by Crippen LogP contribution is -2.40. The number of carbonyl (C=O) groups is 1. The van der Waals surface area contributed by atoms with Gasteiger partial charge in [-0.25, -0.2) is 4.79 Å². The van der Waals surface area contributed by atoms with Crippen LogP contribution >= 0.6 is 0 Å². The zero-order valence-electron chi connectivity index (χ0n) is 11.2. The quantitative estimate of drug-likeness (QED) is 0.773. The number of carboxylic acid groups (broad SMARTS) is 1. The van der Waals surface area contributed by atoms with Crippen LogP contribution in [0.3, 0.4) is 0 Å². The van der Waals surface area contributed by atoms with E-state index in [2.05, 4.69) is 0 Å². The van der Waals surface area contributed by atoms with Gasteiger partial charge in [0.05, 0.1) is 0 Å². The van der Waals surface area contributed by atoms with E-state index in [1.165, 1.54) is 43.4 Å². The van der Waals surface area contributed by atoms with Crippen LogP contribution in [0.5, 0.6) is 0 Å². The molecule has 1 aliphatic rings. The number of nitrogens with zero attached hydrogens (tertiary/aromatic N) is 1. The summed E-state index contributed by atoms with van der Waals surface area (Å²) >= 11 is 0. The van der Waals surface area contributed by atoms with E-state index in [0.29, 0.717) is 0 Å². The molecule has 3 nitrogen and oxygen atoms in total. The minimum atomic E-state index is -0.843. The molecule has 1 fully saturated rings. The minimum absolute atomic E-state index is 0.0671. The van der Waals surface area contributed by atoms with Crippen LogP contribution in [-0.2, 0) is 0 Å². The molecular weight excluding hydrogens is 202 g/mol. The van der Waals surface area contributed by atoms with E-state index >= 15 is 0 Å². The van der Waals surface area contributed by atoms with Gasteiger partial charge in [-0.2, -0.15) is 0 Å². The summed E-state index contributed by atoms with van der Waals surface area (Å²) in [6.07, 6.45) is 8.16. The monoisotopic (exact) mass is 229 g/mol. The molecule has 1 rings (SSSR count). The van der Waals surface area contributed by atoms with Gasteiger partial charge in [-0.15, -0.1) is 0 Å². The molecule has 0 aromatic heterocycles. The molecule has 3 heteroatoms. The summed E-state index contributed by atoms with van der Waals surface area (Å²) in [4.78, 5) is 11.9. The van der Waals surface area contributed by atoms with Crippen molar-refractivity contribution in [2.24, 2.45) is 0 Å². The fourth-order valence-corrected chi connectivity index (χ4v) is 2.10. The standard InChI is InChI=1S/C7H15NO2.C6H12/c1-5(2)8(6(3)4)7(9)10;1-2-4-6-5-3-1/h5-6H,1-4H3,(H,9,10);1-6H2. The second-order valence-corrected chi connectivity index (χ2v) is 5.00. The van der Waals surface area contributed by atoms with Gasteiger partial charge in [-0.05, 0) is 27.7 Å². The van der Waals surface area contributed by atoms with Crippen molar-refractivity contribution < 1.29 is 9.90 Å². The average molecular weight is 229 g/mol. The molecule has 0 spiro atoms. The maximum atomic E-state index is 10.5. The zero-order valence-corrected chi connectivity index (χ0v) is 11.2. The Morgan fingerprint density at radius 2 is 1.12 bits per heavy atom. The lowest BCUT2D eigenvalue weighted by atomic mass is 10.0. The van der Waals surface area contributed by atoms with Crippen LogP contribution in [-0.4, -0.2) is 28.2 Å². The molecule has 0 radical (unpaired) electrons. The molecule has 1 N–H and O–H groups in total. The highest BCUT2D eigenvalue weighted by molar-refractivity contribution is 5.65. The highest BCUT2D eigenvalue weighted by Crippen LogP contribution is 2.15. The van der Waals surface area contributed by atoms with Crippen molar-refractivity contribution in [1.29, 1.82) is 0 Å². The van der Waals surface area contributed by atoms with Gasteiger partial charge in [0, 0.05) is 12.1 Å². The fraction of sp³-hybridized carbons (Fsp3) is 0.923. The Balaban J connectivity index is 0.000000315. The SMILES string of the molecule is C1CCCCC1.CC(C)N(C(=O)O)C(C)C. The number of hydrogen-bond acceptors (Lipinski definition) is 1. The predicted octanol–water partition coefficient (Wildman–Crippen LogP) is 4.12. The Morgan fingerprint density at radius 3 is 1.19 bits per heavy atom. The van der Waals surface area contributed by atoms with E-state index in [9.17, 15) is 4.79 Å². The van der Waals surface area contributed by atoms with Crippen molar-refractivity contribution in [3.8, 4) is 0 Å². The number of rotatable bonds is 2.